The van der Waals surface area contributed by atoms with Gasteiger partial charge in [0.1, 0.15) is 5.82 Å². The Labute approximate surface area is 161 Å². The molecule has 1 aliphatic rings. The van der Waals surface area contributed by atoms with Gasteiger partial charge in [-0.25, -0.2) is 4.98 Å². The second-order valence-corrected chi connectivity index (χ2v) is 6.78. The van der Waals surface area contributed by atoms with Crippen molar-refractivity contribution in [2.45, 2.75) is 25.9 Å². The van der Waals surface area contributed by atoms with Crippen LogP contribution in [0, 0.1) is 6.92 Å². The molecule has 1 N–H and O–H groups in total. The van der Waals surface area contributed by atoms with Gasteiger partial charge in [0.25, 0.3) is 0 Å². The predicted octanol–water partition coefficient (Wildman–Crippen LogP) is 5.63. The molecule has 144 valence electrons. The Balaban J connectivity index is 1.66. The standard InChI is InChI=1S/C21H19F3N4/c1-14-12-19(28-11-5-7-15-6-2-3-10-18(15)28)27-20(25-14)26-17-9-4-8-16(13-17)21(22,23)24/h2-4,6,8-10,12-13H,5,7,11H2,1H3,(H,25,26,27). The first kappa shape index (κ1) is 18.3. The molecule has 0 radical (unpaired) electrons. The number of halogens is 3. The molecule has 4 rings (SSSR count). The van der Waals surface area contributed by atoms with E-state index in [1.807, 2.05) is 25.1 Å². The maximum absolute atomic E-state index is 13.0. The third kappa shape index (κ3) is 3.78. The van der Waals surface area contributed by atoms with E-state index in [4.69, 9.17) is 0 Å². The Hall–Kier alpha value is -3.09. The van der Waals surface area contributed by atoms with Crippen molar-refractivity contribution in [3.63, 3.8) is 0 Å². The van der Waals surface area contributed by atoms with E-state index in [-0.39, 0.29) is 5.95 Å². The summed E-state index contributed by atoms with van der Waals surface area (Å²) in [6.07, 6.45) is -2.36. The summed E-state index contributed by atoms with van der Waals surface area (Å²) in [5, 5.41) is 2.91. The molecule has 3 aromatic rings. The quantitative estimate of drug-likeness (QED) is 0.635. The third-order valence-corrected chi connectivity index (χ3v) is 4.67. The van der Waals surface area contributed by atoms with Crippen LogP contribution in [0.4, 0.5) is 36.3 Å². The van der Waals surface area contributed by atoms with E-state index < -0.39 is 11.7 Å². The summed E-state index contributed by atoms with van der Waals surface area (Å²) in [6.45, 7) is 2.68. The van der Waals surface area contributed by atoms with Gasteiger partial charge in [-0.05, 0) is 49.6 Å². The Morgan fingerprint density at radius 1 is 1.00 bits per heavy atom. The van der Waals surface area contributed by atoms with Crippen molar-refractivity contribution in [2.24, 2.45) is 0 Å². The van der Waals surface area contributed by atoms with Crippen LogP contribution in [0.2, 0.25) is 0 Å². The molecule has 4 nitrogen and oxygen atoms in total. The number of aromatic nitrogens is 2. The molecule has 2 aromatic carbocycles. The van der Waals surface area contributed by atoms with Crippen LogP contribution in [0.3, 0.4) is 0 Å². The van der Waals surface area contributed by atoms with E-state index in [0.717, 1.165) is 48.7 Å². The minimum Gasteiger partial charge on any atom is -0.326 e. The number of nitrogens with zero attached hydrogens (tertiary/aromatic N) is 3. The topological polar surface area (TPSA) is 41.1 Å². The lowest BCUT2D eigenvalue weighted by molar-refractivity contribution is -0.137. The molecule has 0 spiro atoms. The molecule has 7 heteroatoms. The first-order chi connectivity index (χ1) is 13.4. The molecule has 0 atom stereocenters. The molecule has 0 amide bonds. The van der Waals surface area contributed by atoms with Gasteiger partial charge in [0, 0.05) is 29.7 Å². The highest BCUT2D eigenvalue weighted by atomic mass is 19.4. The Bertz CT molecular complexity index is 1000. The van der Waals surface area contributed by atoms with Crippen LogP contribution >= 0.6 is 0 Å². The molecule has 0 aliphatic carbocycles. The second-order valence-electron chi connectivity index (χ2n) is 6.78. The minimum absolute atomic E-state index is 0.275. The summed E-state index contributed by atoms with van der Waals surface area (Å²) in [6, 6.07) is 15.1. The molecule has 0 bridgehead atoms. The Morgan fingerprint density at radius 3 is 2.64 bits per heavy atom. The number of hydrogen-bond donors (Lipinski definition) is 1. The number of para-hydroxylation sites is 1. The largest absolute Gasteiger partial charge is 0.416 e. The minimum atomic E-state index is -4.40. The molecule has 1 aliphatic heterocycles. The van der Waals surface area contributed by atoms with Gasteiger partial charge >= 0.3 is 6.18 Å². The molecule has 1 aromatic heterocycles. The summed E-state index contributed by atoms with van der Waals surface area (Å²) in [5.41, 5.74) is 2.69. The van der Waals surface area contributed by atoms with Gasteiger partial charge in [-0.3, -0.25) is 0 Å². The summed E-state index contributed by atoms with van der Waals surface area (Å²) >= 11 is 0. The molecular formula is C21H19F3N4. The first-order valence-electron chi connectivity index (χ1n) is 9.05. The van der Waals surface area contributed by atoms with E-state index in [1.54, 1.807) is 6.07 Å². The zero-order valence-electron chi connectivity index (χ0n) is 15.3. The number of aryl methyl sites for hydroxylation is 2. The predicted molar refractivity (Wildman–Crippen MR) is 103 cm³/mol. The van der Waals surface area contributed by atoms with Crippen molar-refractivity contribution in [1.29, 1.82) is 0 Å². The SMILES string of the molecule is Cc1cc(N2CCCc3ccccc32)nc(Nc2cccc(C(F)(F)F)c2)n1. The second kappa shape index (κ2) is 7.14. The number of benzene rings is 2. The van der Waals surface area contributed by atoms with Crippen molar-refractivity contribution in [1.82, 2.24) is 9.97 Å². The fourth-order valence-electron chi connectivity index (χ4n) is 3.42. The van der Waals surface area contributed by atoms with Crippen LogP contribution in [0.1, 0.15) is 23.2 Å². The van der Waals surface area contributed by atoms with Gasteiger partial charge in [0.2, 0.25) is 5.95 Å². The molecule has 0 saturated carbocycles. The third-order valence-electron chi connectivity index (χ3n) is 4.67. The van der Waals surface area contributed by atoms with Crippen LogP contribution in [0.15, 0.2) is 54.6 Å². The molecule has 0 saturated heterocycles. The fourth-order valence-corrected chi connectivity index (χ4v) is 3.42. The number of fused-ring (bicyclic) bond motifs is 1. The Morgan fingerprint density at radius 2 is 1.82 bits per heavy atom. The molecule has 0 unspecified atom stereocenters. The average Bonchev–Trinajstić information content (AvgIpc) is 2.66. The maximum atomic E-state index is 13.0. The lowest BCUT2D eigenvalue weighted by Gasteiger charge is -2.30. The van der Waals surface area contributed by atoms with Crippen LogP contribution in [0.25, 0.3) is 0 Å². The lowest BCUT2D eigenvalue weighted by Crippen LogP contribution is -2.25. The number of anilines is 4. The van der Waals surface area contributed by atoms with Gasteiger partial charge in [-0.1, -0.05) is 24.3 Å². The van der Waals surface area contributed by atoms with E-state index in [1.165, 1.54) is 11.6 Å². The zero-order chi connectivity index (χ0) is 19.7. The molecule has 2 heterocycles. The monoisotopic (exact) mass is 384 g/mol. The number of rotatable bonds is 3. The maximum Gasteiger partial charge on any atom is 0.416 e. The van der Waals surface area contributed by atoms with Gasteiger partial charge < -0.3 is 10.2 Å². The van der Waals surface area contributed by atoms with Crippen LogP contribution < -0.4 is 10.2 Å². The number of nitrogens with one attached hydrogen (secondary N) is 1. The number of alkyl halides is 3. The van der Waals surface area contributed by atoms with Crippen LogP contribution in [0.5, 0.6) is 0 Å². The van der Waals surface area contributed by atoms with Gasteiger partial charge in [0.15, 0.2) is 0 Å². The summed E-state index contributed by atoms with van der Waals surface area (Å²) in [4.78, 5) is 11.0. The van der Waals surface area contributed by atoms with Crippen molar-refractivity contribution in [3.05, 3.63) is 71.4 Å². The van der Waals surface area contributed by atoms with E-state index in [0.29, 0.717) is 5.69 Å². The smallest absolute Gasteiger partial charge is 0.326 e. The average molecular weight is 384 g/mol. The van der Waals surface area contributed by atoms with E-state index in [9.17, 15) is 13.2 Å². The Kier molecular flexibility index (Phi) is 4.66. The lowest BCUT2D eigenvalue weighted by atomic mass is 10.0. The summed E-state index contributed by atoms with van der Waals surface area (Å²) < 4.78 is 38.9. The van der Waals surface area contributed by atoms with Crippen molar-refractivity contribution < 1.29 is 13.2 Å². The number of hydrogen-bond acceptors (Lipinski definition) is 4. The van der Waals surface area contributed by atoms with Gasteiger partial charge in [-0.2, -0.15) is 18.2 Å². The van der Waals surface area contributed by atoms with Crippen LogP contribution in [-0.2, 0) is 12.6 Å². The molecule has 28 heavy (non-hydrogen) atoms. The molecular weight excluding hydrogens is 365 g/mol. The summed E-state index contributed by atoms with van der Waals surface area (Å²) in [7, 11) is 0. The van der Waals surface area contributed by atoms with E-state index in [2.05, 4.69) is 32.3 Å². The highest BCUT2D eigenvalue weighted by molar-refractivity contribution is 5.67. The zero-order valence-corrected chi connectivity index (χ0v) is 15.3. The normalized spacial score (nSPS) is 13.9. The first-order valence-corrected chi connectivity index (χ1v) is 9.05. The van der Waals surface area contributed by atoms with E-state index >= 15 is 0 Å². The van der Waals surface area contributed by atoms with Gasteiger partial charge in [0.05, 0.1) is 5.56 Å². The highest BCUT2D eigenvalue weighted by Crippen LogP contribution is 2.34. The summed E-state index contributed by atoms with van der Waals surface area (Å²) in [5.74, 6) is 1.01. The fraction of sp³-hybridized carbons (Fsp3) is 0.238. The van der Waals surface area contributed by atoms with Gasteiger partial charge in [-0.15, -0.1) is 0 Å². The van der Waals surface area contributed by atoms with Crippen molar-refractivity contribution >= 4 is 23.1 Å². The van der Waals surface area contributed by atoms with Crippen molar-refractivity contribution in [3.8, 4) is 0 Å². The van der Waals surface area contributed by atoms with Crippen molar-refractivity contribution in [2.75, 3.05) is 16.8 Å². The van der Waals surface area contributed by atoms with Crippen LogP contribution in [-0.4, -0.2) is 16.5 Å². The highest BCUT2D eigenvalue weighted by Gasteiger charge is 2.30. The molecule has 0 fully saturated rings.